The van der Waals surface area contributed by atoms with E-state index in [1.54, 1.807) is 30.3 Å². The van der Waals surface area contributed by atoms with Gasteiger partial charge in [0.2, 0.25) is 10.0 Å². The molecule has 0 aliphatic heterocycles. The van der Waals surface area contributed by atoms with Gasteiger partial charge >= 0.3 is 0 Å². The molecule has 2 rings (SSSR count). The summed E-state index contributed by atoms with van der Waals surface area (Å²) >= 11 is 0. The van der Waals surface area contributed by atoms with Gasteiger partial charge < -0.3 is 5.11 Å². The van der Waals surface area contributed by atoms with Crippen molar-refractivity contribution in [2.75, 3.05) is 6.54 Å². The van der Waals surface area contributed by atoms with Crippen molar-refractivity contribution in [1.29, 1.82) is 0 Å². The van der Waals surface area contributed by atoms with E-state index in [9.17, 15) is 18.3 Å². The number of phenols is 1. The van der Waals surface area contributed by atoms with E-state index in [0.717, 1.165) is 0 Å². The highest BCUT2D eigenvalue weighted by molar-refractivity contribution is 7.89. The molecule has 0 spiro atoms. The molecular weight excluding hydrogens is 302 g/mol. The molecule has 116 valence electrons. The van der Waals surface area contributed by atoms with E-state index in [1.165, 1.54) is 25.1 Å². The number of hydrogen-bond donors (Lipinski definition) is 2. The molecular formula is C16H17NO4S. The molecule has 0 aliphatic rings. The van der Waals surface area contributed by atoms with Crippen molar-refractivity contribution in [3.05, 3.63) is 59.7 Å². The largest absolute Gasteiger partial charge is 0.508 e. The van der Waals surface area contributed by atoms with Gasteiger partial charge in [0.25, 0.3) is 0 Å². The molecule has 0 saturated carbocycles. The van der Waals surface area contributed by atoms with Crippen molar-refractivity contribution in [2.24, 2.45) is 0 Å². The van der Waals surface area contributed by atoms with Crippen LogP contribution >= 0.6 is 0 Å². The van der Waals surface area contributed by atoms with Crippen molar-refractivity contribution in [2.45, 2.75) is 18.2 Å². The third kappa shape index (κ3) is 3.93. The summed E-state index contributed by atoms with van der Waals surface area (Å²) in [5.74, 6) is -0.0495. The lowest BCUT2D eigenvalue weighted by Gasteiger charge is -2.08. The fourth-order valence-corrected chi connectivity index (χ4v) is 3.09. The van der Waals surface area contributed by atoms with Crippen LogP contribution in [0.5, 0.6) is 5.75 Å². The SMILES string of the molecule is CC(=O)c1cccc(S(=O)(=O)NCCc2ccccc2O)c1. The Morgan fingerprint density at radius 3 is 2.55 bits per heavy atom. The lowest BCUT2D eigenvalue weighted by Crippen LogP contribution is -2.26. The number of benzene rings is 2. The molecule has 2 aromatic rings. The molecule has 0 aromatic heterocycles. The van der Waals surface area contributed by atoms with Crippen LogP contribution in [0.4, 0.5) is 0 Å². The van der Waals surface area contributed by atoms with Crippen LogP contribution < -0.4 is 4.72 Å². The summed E-state index contributed by atoms with van der Waals surface area (Å²) in [6, 6.07) is 12.7. The second kappa shape index (κ2) is 6.72. The lowest BCUT2D eigenvalue weighted by atomic mass is 10.1. The second-order valence-corrected chi connectivity index (χ2v) is 6.63. The molecule has 5 nitrogen and oxygen atoms in total. The van der Waals surface area contributed by atoms with Crippen molar-refractivity contribution in [1.82, 2.24) is 4.72 Å². The molecule has 2 aromatic carbocycles. The van der Waals surface area contributed by atoms with E-state index < -0.39 is 10.0 Å². The van der Waals surface area contributed by atoms with Crippen molar-refractivity contribution < 1.29 is 18.3 Å². The molecule has 0 bridgehead atoms. The highest BCUT2D eigenvalue weighted by Crippen LogP contribution is 2.16. The van der Waals surface area contributed by atoms with Gasteiger partial charge in [-0.25, -0.2) is 13.1 Å². The van der Waals surface area contributed by atoms with E-state index in [4.69, 9.17) is 0 Å². The summed E-state index contributed by atoms with van der Waals surface area (Å²) in [6.07, 6.45) is 0.373. The number of Topliss-reactive ketones (excluding diaryl/α,β-unsaturated/α-hetero) is 1. The summed E-state index contributed by atoms with van der Waals surface area (Å²) in [5.41, 5.74) is 1.02. The number of carbonyl (C=O) groups is 1. The summed E-state index contributed by atoms with van der Waals surface area (Å²) in [7, 11) is -3.68. The van der Waals surface area contributed by atoms with Gasteiger partial charge in [-0.3, -0.25) is 4.79 Å². The molecule has 2 N–H and O–H groups in total. The van der Waals surface area contributed by atoms with E-state index in [-0.39, 0.29) is 23.0 Å². The molecule has 22 heavy (non-hydrogen) atoms. The Hall–Kier alpha value is -2.18. The van der Waals surface area contributed by atoms with Gasteiger partial charge in [0.05, 0.1) is 4.90 Å². The molecule has 0 aliphatic carbocycles. The Morgan fingerprint density at radius 1 is 1.14 bits per heavy atom. The van der Waals surface area contributed by atoms with Gasteiger partial charge in [0, 0.05) is 12.1 Å². The van der Waals surface area contributed by atoms with E-state index in [2.05, 4.69) is 4.72 Å². The Morgan fingerprint density at radius 2 is 1.86 bits per heavy atom. The van der Waals surface area contributed by atoms with Gasteiger partial charge in [-0.2, -0.15) is 0 Å². The molecule has 0 atom stereocenters. The number of para-hydroxylation sites is 1. The minimum atomic E-state index is -3.68. The first-order valence-corrected chi connectivity index (χ1v) is 8.26. The van der Waals surface area contributed by atoms with Crippen LogP contribution in [0.3, 0.4) is 0 Å². The maximum Gasteiger partial charge on any atom is 0.240 e. The number of aromatic hydroxyl groups is 1. The first-order chi connectivity index (χ1) is 10.4. The Kier molecular flexibility index (Phi) is 4.95. The molecule has 0 saturated heterocycles. The monoisotopic (exact) mass is 319 g/mol. The summed E-state index contributed by atoms with van der Waals surface area (Å²) in [6.45, 7) is 1.54. The molecule has 6 heteroatoms. The van der Waals surface area contributed by atoms with Gasteiger partial charge in [0.15, 0.2) is 5.78 Å². The fourth-order valence-electron chi connectivity index (χ4n) is 2.01. The van der Waals surface area contributed by atoms with E-state index in [0.29, 0.717) is 17.5 Å². The van der Waals surface area contributed by atoms with Crippen LogP contribution in [0.25, 0.3) is 0 Å². The predicted octanol–water partition coefficient (Wildman–Crippen LogP) is 2.12. The third-order valence-electron chi connectivity index (χ3n) is 3.23. The quantitative estimate of drug-likeness (QED) is 0.799. The highest BCUT2D eigenvalue weighted by atomic mass is 32.2. The maximum absolute atomic E-state index is 12.2. The van der Waals surface area contributed by atoms with Crippen molar-refractivity contribution in [3.8, 4) is 5.75 Å². The van der Waals surface area contributed by atoms with Gasteiger partial charge in [-0.15, -0.1) is 0 Å². The minimum absolute atomic E-state index is 0.0532. The lowest BCUT2D eigenvalue weighted by molar-refractivity contribution is 0.101. The molecule has 0 amide bonds. The minimum Gasteiger partial charge on any atom is -0.508 e. The number of ketones is 1. The van der Waals surface area contributed by atoms with Gasteiger partial charge in [-0.1, -0.05) is 30.3 Å². The zero-order chi connectivity index (χ0) is 16.2. The molecule has 0 fully saturated rings. The van der Waals surface area contributed by atoms with E-state index in [1.807, 2.05) is 0 Å². The standard InChI is InChI=1S/C16H17NO4S/c1-12(18)14-6-4-7-15(11-14)22(20,21)17-10-9-13-5-2-3-8-16(13)19/h2-8,11,17,19H,9-10H2,1H3. The highest BCUT2D eigenvalue weighted by Gasteiger charge is 2.15. The summed E-state index contributed by atoms with van der Waals surface area (Å²) in [4.78, 5) is 11.4. The number of rotatable bonds is 6. The van der Waals surface area contributed by atoms with Crippen LogP contribution in [0.15, 0.2) is 53.4 Å². The predicted molar refractivity (Wildman–Crippen MR) is 83.4 cm³/mol. The fraction of sp³-hybridized carbons (Fsp3) is 0.188. The number of phenolic OH excluding ortho intramolecular Hbond substituents is 1. The topological polar surface area (TPSA) is 83.5 Å². The molecule has 0 radical (unpaired) electrons. The zero-order valence-electron chi connectivity index (χ0n) is 12.1. The zero-order valence-corrected chi connectivity index (χ0v) is 12.9. The van der Waals surface area contributed by atoms with Crippen molar-refractivity contribution in [3.63, 3.8) is 0 Å². The van der Waals surface area contributed by atoms with E-state index >= 15 is 0 Å². The van der Waals surface area contributed by atoms with Gasteiger partial charge in [-0.05, 0) is 37.1 Å². The van der Waals surface area contributed by atoms with Gasteiger partial charge in [0.1, 0.15) is 5.75 Å². The maximum atomic E-state index is 12.2. The summed E-state index contributed by atoms with van der Waals surface area (Å²) < 4.78 is 26.9. The average molecular weight is 319 g/mol. The number of nitrogens with one attached hydrogen (secondary N) is 1. The average Bonchev–Trinajstić information content (AvgIpc) is 2.49. The first-order valence-electron chi connectivity index (χ1n) is 6.78. The van der Waals surface area contributed by atoms with Crippen LogP contribution in [-0.2, 0) is 16.4 Å². The number of carbonyl (C=O) groups excluding carboxylic acids is 1. The summed E-state index contributed by atoms with van der Waals surface area (Å²) in [5, 5.41) is 9.64. The Balaban J connectivity index is 2.07. The Bertz CT molecular complexity index is 784. The number of hydrogen-bond acceptors (Lipinski definition) is 4. The second-order valence-electron chi connectivity index (χ2n) is 4.86. The third-order valence-corrected chi connectivity index (χ3v) is 4.69. The first kappa shape index (κ1) is 16.2. The van der Waals surface area contributed by atoms with Crippen LogP contribution in [-0.4, -0.2) is 25.9 Å². The molecule has 0 heterocycles. The van der Waals surface area contributed by atoms with Crippen molar-refractivity contribution >= 4 is 15.8 Å². The normalized spacial score (nSPS) is 11.3. The van der Waals surface area contributed by atoms with Crippen LogP contribution in [0.2, 0.25) is 0 Å². The number of sulfonamides is 1. The van der Waals surface area contributed by atoms with Crippen LogP contribution in [0, 0.1) is 0 Å². The van der Waals surface area contributed by atoms with Crippen LogP contribution in [0.1, 0.15) is 22.8 Å². The Labute approximate surface area is 129 Å². The smallest absolute Gasteiger partial charge is 0.240 e. The molecule has 0 unspecified atom stereocenters.